The van der Waals surface area contributed by atoms with E-state index in [1.807, 2.05) is 35.2 Å². The van der Waals surface area contributed by atoms with Crippen LogP contribution in [0.4, 0.5) is 4.39 Å². The molecule has 0 saturated carbocycles. The Morgan fingerprint density at radius 3 is 2.46 bits per heavy atom. The molecular weight excluding hydrogens is 355 g/mol. The lowest BCUT2D eigenvalue weighted by Gasteiger charge is -2.40. The molecule has 2 aromatic rings. The van der Waals surface area contributed by atoms with Gasteiger partial charge in [0.05, 0.1) is 19.1 Å². The van der Waals surface area contributed by atoms with E-state index in [0.29, 0.717) is 45.0 Å². The molecule has 2 aromatic carbocycles. The number of piperidine rings is 1. The van der Waals surface area contributed by atoms with Crippen molar-refractivity contribution in [2.75, 3.05) is 39.4 Å². The zero-order valence-electron chi connectivity index (χ0n) is 16.1. The molecule has 5 heteroatoms. The van der Waals surface area contributed by atoms with Crippen molar-refractivity contribution >= 4 is 5.91 Å². The van der Waals surface area contributed by atoms with Gasteiger partial charge < -0.3 is 9.64 Å². The number of morpholine rings is 1. The topological polar surface area (TPSA) is 32.8 Å². The number of nitrogens with zero attached hydrogens (tertiary/aromatic N) is 2. The summed E-state index contributed by atoms with van der Waals surface area (Å²) in [6.45, 7) is 4.60. The molecule has 0 radical (unpaired) electrons. The smallest absolute Gasteiger partial charge is 0.227 e. The normalized spacial score (nSPS) is 23.5. The van der Waals surface area contributed by atoms with Gasteiger partial charge >= 0.3 is 0 Å². The highest BCUT2D eigenvalue weighted by Gasteiger charge is 2.35. The number of amides is 1. The van der Waals surface area contributed by atoms with E-state index < -0.39 is 0 Å². The van der Waals surface area contributed by atoms with E-state index in [2.05, 4.69) is 17.0 Å². The van der Waals surface area contributed by atoms with Gasteiger partial charge in [0, 0.05) is 38.3 Å². The van der Waals surface area contributed by atoms with Crippen molar-refractivity contribution in [3.8, 4) is 0 Å². The molecule has 0 aliphatic carbocycles. The minimum atomic E-state index is -0.180. The molecule has 2 atom stereocenters. The molecule has 1 amide bonds. The molecule has 4 rings (SSSR count). The zero-order valence-corrected chi connectivity index (χ0v) is 16.1. The van der Waals surface area contributed by atoms with Crippen LogP contribution in [0.15, 0.2) is 54.6 Å². The molecule has 0 bridgehead atoms. The third-order valence-electron chi connectivity index (χ3n) is 5.82. The van der Waals surface area contributed by atoms with Crippen LogP contribution < -0.4 is 0 Å². The Morgan fingerprint density at radius 2 is 1.71 bits per heavy atom. The van der Waals surface area contributed by atoms with Crippen molar-refractivity contribution in [1.82, 2.24) is 9.80 Å². The Morgan fingerprint density at radius 1 is 1.00 bits per heavy atom. The van der Waals surface area contributed by atoms with Gasteiger partial charge in [-0.25, -0.2) is 4.39 Å². The number of halogens is 1. The zero-order chi connectivity index (χ0) is 19.3. The van der Waals surface area contributed by atoms with Crippen LogP contribution in [0.1, 0.15) is 23.5 Å². The van der Waals surface area contributed by atoms with Crippen LogP contribution in [0.5, 0.6) is 0 Å². The number of carbonyl (C=O) groups is 1. The first-order chi connectivity index (χ1) is 13.7. The molecule has 148 valence electrons. The number of rotatable bonds is 4. The summed E-state index contributed by atoms with van der Waals surface area (Å²) >= 11 is 0. The van der Waals surface area contributed by atoms with Crippen LogP contribution in [-0.4, -0.2) is 55.1 Å². The first-order valence-corrected chi connectivity index (χ1v) is 10.1. The molecule has 2 fully saturated rings. The summed E-state index contributed by atoms with van der Waals surface area (Å²) in [5.74, 6) is 0.239. The Hall–Kier alpha value is -2.24. The van der Waals surface area contributed by atoms with Crippen molar-refractivity contribution in [3.05, 3.63) is 71.5 Å². The molecule has 2 aliphatic rings. The lowest BCUT2D eigenvalue weighted by molar-refractivity contribution is -0.141. The highest BCUT2D eigenvalue weighted by Crippen LogP contribution is 2.32. The quantitative estimate of drug-likeness (QED) is 0.814. The van der Waals surface area contributed by atoms with E-state index in [0.717, 1.165) is 13.0 Å². The summed E-state index contributed by atoms with van der Waals surface area (Å²) < 4.78 is 19.6. The van der Waals surface area contributed by atoms with Crippen LogP contribution >= 0.6 is 0 Å². The van der Waals surface area contributed by atoms with Crippen molar-refractivity contribution in [2.45, 2.75) is 18.9 Å². The first-order valence-electron chi connectivity index (χ1n) is 10.1. The second-order valence-electron chi connectivity index (χ2n) is 7.76. The molecule has 2 unspecified atom stereocenters. The van der Waals surface area contributed by atoms with E-state index >= 15 is 0 Å². The second-order valence-corrected chi connectivity index (χ2v) is 7.76. The standard InChI is InChI=1S/C23H27FN2O2/c24-22-9-5-4-8-19(22)15-25-16-20(18-6-2-1-3-7-18)14-21(17-25)23(27)26-10-12-28-13-11-26/h1-9,20-21H,10-17H2. The van der Waals surface area contributed by atoms with E-state index in [-0.39, 0.29) is 23.6 Å². The molecule has 2 saturated heterocycles. The van der Waals surface area contributed by atoms with Gasteiger partial charge in [-0.3, -0.25) is 9.69 Å². The van der Waals surface area contributed by atoms with Gasteiger partial charge in [-0.2, -0.15) is 0 Å². The van der Waals surface area contributed by atoms with Gasteiger partial charge in [0.1, 0.15) is 5.82 Å². The predicted molar refractivity (Wildman–Crippen MR) is 106 cm³/mol. The third-order valence-corrected chi connectivity index (χ3v) is 5.82. The Labute approximate surface area is 165 Å². The van der Waals surface area contributed by atoms with Crippen molar-refractivity contribution in [1.29, 1.82) is 0 Å². The molecular formula is C23H27FN2O2. The Balaban J connectivity index is 1.54. The molecule has 28 heavy (non-hydrogen) atoms. The monoisotopic (exact) mass is 382 g/mol. The largest absolute Gasteiger partial charge is 0.378 e. The second kappa shape index (κ2) is 8.84. The summed E-state index contributed by atoms with van der Waals surface area (Å²) in [7, 11) is 0. The third kappa shape index (κ3) is 4.42. The van der Waals surface area contributed by atoms with Gasteiger partial charge in [-0.05, 0) is 24.0 Å². The summed E-state index contributed by atoms with van der Waals surface area (Å²) in [5.41, 5.74) is 1.94. The van der Waals surface area contributed by atoms with Gasteiger partial charge in [-0.1, -0.05) is 48.5 Å². The molecule has 4 nitrogen and oxygen atoms in total. The Kier molecular flexibility index (Phi) is 6.03. The fourth-order valence-corrected chi connectivity index (χ4v) is 4.37. The number of ether oxygens (including phenoxy) is 1. The van der Waals surface area contributed by atoms with Crippen molar-refractivity contribution in [2.24, 2.45) is 5.92 Å². The fourth-order valence-electron chi connectivity index (χ4n) is 4.37. The van der Waals surface area contributed by atoms with E-state index in [1.165, 1.54) is 11.6 Å². The highest BCUT2D eigenvalue weighted by molar-refractivity contribution is 5.79. The summed E-state index contributed by atoms with van der Waals surface area (Å²) in [5, 5.41) is 0. The van der Waals surface area contributed by atoms with Crippen LogP contribution in [0.25, 0.3) is 0 Å². The van der Waals surface area contributed by atoms with E-state index in [4.69, 9.17) is 4.74 Å². The maximum Gasteiger partial charge on any atom is 0.227 e. The molecule has 2 aliphatic heterocycles. The number of hydrogen-bond acceptors (Lipinski definition) is 3. The lowest BCUT2D eigenvalue weighted by atomic mass is 9.83. The van der Waals surface area contributed by atoms with Gasteiger partial charge in [0.15, 0.2) is 0 Å². The summed E-state index contributed by atoms with van der Waals surface area (Å²) in [6.07, 6.45) is 0.841. The maximum atomic E-state index is 14.2. The minimum absolute atomic E-state index is 0.0659. The van der Waals surface area contributed by atoms with Gasteiger partial charge in [-0.15, -0.1) is 0 Å². The fraction of sp³-hybridized carbons (Fsp3) is 0.435. The highest BCUT2D eigenvalue weighted by atomic mass is 19.1. The summed E-state index contributed by atoms with van der Waals surface area (Å²) in [4.78, 5) is 17.3. The number of benzene rings is 2. The number of hydrogen-bond donors (Lipinski definition) is 0. The molecule has 2 heterocycles. The SMILES string of the molecule is O=C(C1CC(c2ccccc2)CN(Cc2ccccc2F)C1)N1CCOCC1. The molecule has 0 aromatic heterocycles. The van der Waals surface area contributed by atoms with Crippen LogP contribution in [-0.2, 0) is 16.1 Å². The Bertz CT molecular complexity index is 792. The first kappa shape index (κ1) is 19.1. The predicted octanol–water partition coefficient (Wildman–Crippen LogP) is 3.29. The van der Waals surface area contributed by atoms with Gasteiger partial charge in [0.2, 0.25) is 5.91 Å². The average molecular weight is 382 g/mol. The van der Waals surface area contributed by atoms with Crippen LogP contribution in [0.3, 0.4) is 0 Å². The van der Waals surface area contributed by atoms with E-state index in [1.54, 1.807) is 6.07 Å². The summed E-state index contributed by atoms with van der Waals surface area (Å²) in [6, 6.07) is 17.3. The molecule has 0 spiro atoms. The van der Waals surface area contributed by atoms with Crippen molar-refractivity contribution < 1.29 is 13.9 Å². The van der Waals surface area contributed by atoms with Crippen LogP contribution in [0, 0.1) is 11.7 Å². The lowest BCUT2D eigenvalue weighted by Crippen LogP contribution is -2.49. The van der Waals surface area contributed by atoms with Crippen molar-refractivity contribution in [3.63, 3.8) is 0 Å². The molecule has 0 N–H and O–H groups in total. The number of carbonyl (C=O) groups excluding carboxylic acids is 1. The average Bonchev–Trinajstić information content (AvgIpc) is 2.76. The minimum Gasteiger partial charge on any atom is -0.378 e. The van der Waals surface area contributed by atoms with Crippen LogP contribution in [0.2, 0.25) is 0 Å². The number of likely N-dealkylation sites (tertiary alicyclic amines) is 1. The maximum absolute atomic E-state index is 14.2. The van der Waals surface area contributed by atoms with E-state index in [9.17, 15) is 9.18 Å². The van der Waals surface area contributed by atoms with Gasteiger partial charge in [0.25, 0.3) is 0 Å².